The van der Waals surface area contributed by atoms with Gasteiger partial charge in [-0.2, -0.15) is 10.5 Å². The van der Waals surface area contributed by atoms with Crippen LogP contribution >= 0.6 is 0 Å². The average molecular weight is 1220 g/mol. The van der Waals surface area contributed by atoms with Crippen LogP contribution in [-0.2, 0) is 19.1 Å². The van der Waals surface area contributed by atoms with Gasteiger partial charge in [-0.15, -0.1) is 0 Å². The first-order chi connectivity index (χ1) is 43.0. The smallest absolute Gasteiger partial charge is 0.307 e. The maximum Gasteiger partial charge on any atom is 0.307 e. The number of aliphatic carboxylic acids is 2. The molecule has 1 fully saturated rings. The summed E-state index contributed by atoms with van der Waals surface area (Å²) in [5.74, 6) is -1.58. The van der Waals surface area contributed by atoms with Crippen LogP contribution < -0.4 is 0 Å². The number of rotatable bonds is 26. The van der Waals surface area contributed by atoms with Crippen molar-refractivity contribution in [3.63, 3.8) is 0 Å². The Balaban J connectivity index is 0.000000341. The topological polar surface area (TPSA) is 141 Å². The Morgan fingerprint density at radius 3 is 0.889 bits per heavy atom. The van der Waals surface area contributed by atoms with Crippen LogP contribution in [0.15, 0.2) is 206 Å². The number of carboxylic acid groups (broad SMARTS) is 2. The van der Waals surface area contributed by atoms with Crippen molar-refractivity contribution in [2.24, 2.45) is 46.3 Å². The highest BCUT2D eigenvalue weighted by Crippen LogP contribution is 2.57. The molecule has 1 saturated carbocycles. The highest BCUT2D eigenvalue weighted by Gasteiger charge is 2.58. The van der Waals surface area contributed by atoms with Crippen LogP contribution in [0.5, 0.6) is 0 Å². The number of nitrogens with zero attached hydrogens (tertiary/aromatic N) is 2. The predicted molar refractivity (Wildman–Crippen MR) is 374 cm³/mol. The fourth-order valence-electron chi connectivity index (χ4n) is 12.0. The molecule has 0 amide bonds. The number of allylic oxidation sites excluding steroid dienone is 4. The normalized spacial score (nSPS) is 17.3. The second kappa shape index (κ2) is 41.8. The summed E-state index contributed by atoms with van der Waals surface area (Å²) in [4.78, 5) is 23.4. The molecule has 0 aromatic heterocycles. The van der Waals surface area contributed by atoms with E-state index in [0.29, 0.717) is 46.3 Å². The van der Waals surface area contributed by atoms with E-state index in [0.717, 1.165) is 75.3 Å². The minimum absolute atomic E-state index is 0.0910. The van der Waals surface area contributed by atoms with Crippen molar-refractivity contribution in [1.82, 2.24) is 0 Å². The second-order valence-corrected chi connectivity index (χ2v) is 27.4. The number of ether oxygens (including phenoxy) is 2. The molecule has 8 nitrogen and oxygen atoms in total. The lowest BCUT2D eigenvalue weighted by atomic mass is 9.52. The number of carboxylic acids is 2. The minimum atomic E-state index is -0.944. The van der Waals surface area contributed by atoms with E-state index in [1.54, 1.807) is 52.7 Å². The Kier molecular flexibility index (Phi) is 35.7. The molecule has 1 aliphatic carbocycles. The zero-order valence-electron chi connectivity index (χ0n) is 57.1. The summed E-state index contributed by atoms with van der Waals surface area (Å²) in [5.41, 5.74) is 7.81. The molecule has 0 spiro atoms. The molecule has 0 radical (unpaired) electrons. The summed E-state index contributed by atoms with van der Waals surface area (Å²) >= 11 is 0. The minimum Gasteiger partial charge on any atom is -0.481 e. The first-order valence-corrected chi connectivity index (χ1v) is 32.7. The van der Waals surface area contributed by atoms with Crippen LogP contribution in [-0.4, -0.2) is 50.6 Å². The molecule has 0 saturated heterocycles. The Morgan fingerprint density at radius 2 is 0.667 bits per heavy atom. The molecule has 7 rings (SSSR count). The molecule has 0 bridgehead atoms. The molecular formula is C82H110N2O6. The van der Waals surface area contributed by atoms with E-state index < -0.39 is 35.6 Å². The Morgan fingerprint density at radius 1 is 0.422 bits per heavy atom. The van der Waals surface area contributed by atoms with Crippen LogP contribution in [0.25, 0.3) is 0 Å². The lowest BCUT2D eigenvalue weighted by Gasteiger charge is -2.48. The van der Waals surface area contributed by atoms with Crippen LogP contribution in [0, 0.1) is 69.0 Å². The molecule has 8 heteroatoms. The van der Waals surface area contributed by atoms with E-state index in [1.165, 1.54) is 22.3 Å². The average Bonchev–Trinajstić information content (AvgIpc) is 0.734. The van der Waals surface area contributed by atoms with Gasteiger partial charge in [-0.3, -0.25) is 9.59 Å². The van der Waals surface area contributed by atoms with Gasteiger partial charge in [0.1, 0.15) is 0 Å². The standard InChI is InChI=1S/2C30H41N.C18H16O4.2C2H6O/c2*1-24(2)29(23-31)22-28(26-17-11-7-12-18-26)21-27(25-15-9-6-10-16-25)19-13-8-14-20-30(3,4)5;19-17(20)15-13(11-7-3-1-4-8-11)16(18(21)22)14(15)12-9-5-2-6-10-12;2*1-3-2/h2*6-12,14-18,24,27-29H,13,19-22H2,1-5H3;1-10,13-16H,(H,19,20)(H,21,22);2*1-2H3/b2*14-8+;;;. The lowest BCUT2D eigenvalue weighted by molar-refractivity contribution is -0.159. The van der Waals surface area contributed by atoms with Gasteiger partial charge in [0.15, 0.2) is 0 Å². The summed E-state index contributed by atoms with van der Waals surface area (Å²) < 4.78 is 8.50. The molecule has 2 N–H and O–H groups in total. The zero-order chi connectivity index (χ0) is 66.5. The van der Waals surface area contributed by atoms with Crippen molar-refractivity contribution in [2.75, 3.05) is 28.4 Å². The number of hydrogen-bond acceptors (Lipinski definition) is 6. The first-order valence-electron chi connectivity index (χ1n) is 32.7. The van der Waals surface area contributed by atoms with E-state index >= 15 is 0 Å². The molecule has 90 heavy (non-hydrogen) atoms. The predicted octanol–water partition coefficient (Wildman–Crippen LogP) is 21.3. The van der Waals surface area contributed by atoms with E-state index in [2.05, 4.69) is 236 Å². The molecule has 0 heterocycles. The summed E-state index contributed by atoms with van der Waals surface area (Å²) in [5, 5.41) is 38.7. The van der Waals surface area contributed by atoms with Gasteiger partial charge < -0.3 is 19.7 Å². The van der Waals surface area contributed by atoms with Gasteiger partial charge in [0.05, 0.1) is 24.0 Å². The monoisotopic (exact) mass is 1220 g/mol. The van der Waals surface area contributed by atoms with Gasteiger partial charge in [-0.1, -0.05) is 276 Å². The highest BCUT2D eigenvalue weighted by atomic mass is 16.5. The summed E-state index contributed by atoms with van der Waals surface area (Å²) in [7, 11) is 6.50. The van der Waals surface area contributed by atoms with Crippen molar-refractivity contribution >= 4 is 11.9 Å². The maximum absolute atomic E-state index is 11.7. The summed E-state index contributed by atoms with van der Waals surface area (Å²) in [6.45, 7) is 22.4. The van der Waals surface area contributed by atoms with Gasteiger partial charge in [0, 0.05) is 52.1 Å². The molecule has 0 aliphatic heterocycles. The number of methoxy groups -OCH3 is 2. The molecule has 6 unspecified atom stereocenters. The number of nitriles is 2. The van der Waals surface area contributed by atoms with Gasteiger partial charge >= 0.3 is 11.9 Å². The first kappa shape index (κ1) is 76.9. The number of carbonyl (C=O) groups is 2. The van der Waals surface area contributed by atoms with Crippen LogP contribution in [0.1, 0.15) is 202 Å². The number of benzene rings is 6. The van der Waals surface area contributed by atoms with Gasteiger partial charge in [0.2, 0.25) is 0 Å². The molecule has 1 aliphatic rings. The molecule has 6 aromatic carbocycles. The van der Waals surface area contributed by atoms with Gasteiger partial charge in [-0.05, 0) is 144 Å². The van der Waals surface area contributed by atoms with Gasteiger partial charge in [-0.25, -0.2) is 0 Å². The Hall–Kier alpha value is -7.36. The quantitative estimate of drug-likeness (QED) is 0.0512. The van der Waals surface area contributed by atoms with Gasteiger partial charge in [0.25, 0.3) is 0 Å². The van der Waals surface area contributed by atoms with Crippen molar-refractivity contribution < 1.29 is 29.3 Å². The third-order valence-corrected chi connectivity index (χ3v) is 16.9. The fourth-order valence-corrected chi connectivity index (χ4v) is 12.0. The third kappa shape index (κ3) is 28.2. The zero-order valence-corrected chi connectivity index (χ0v) is 57.1. The Bertz CT molecular complexity index is 2780. The van der Waals surface area contributed by atoms with Crippen molar-refractivity contribution in [3.8, 4) is 12.1 Å². The third-order valence-electron chi connectivity index (χ3n) is 16.9. The summed E-state index contributed by atoms with van der Waals surface area (Å²) in [6, 6.07) is 66.8. The molecule has 6 aromatic rings. The number of hydrogen-bond donors (Lipinski definition) is 2. The largest absolute Gasteiger partial charge is 0.481 e. The van der Waals surface area contributed by atoms with E-state index in [9.17, 15) is 30.3 Å². The van der Waals surface area contributed by atoms with Crippen LogP contribution in [0.2, 0.25) is 0 Å². The highest BCUT2D eigenvalue weighted by molar-refractivity contribution is 5.83. The molecule has 484 valence electrons. The van der Waals surface area contributed by atoms with E-state index in [4.69, 9.17) is 0 Å². The fraction of sp³-hybridized carbons (Fsp3) is 0.463. The van der Waals surface area contributed by atoms with Crippen LogP contribution in [0.4, 0.5) is 0 Å². The SMILES string of the molecule is CC(C)C(C#N)CC(CC(CC/C=C/CC(C)(C)C)c1ccccc1)c1ccccc1.CC(C)C(C#N)CC(CC(CC/C=C/CC(C)(C)C)c1ccccc1)c1ccccc1.COC.COC.O=C(O)C1C(c2ccccc2)C(C(=O)O)C1c1ccccc1. The van der Waals surface area contributed by atoms with E-state index in [-0.39, 0.29) is 11.8 Å². The lowest BCUT2D eigenvalue weighted by Crippen LogP contribution is -2.50. The van der Waals surface area contributed by atoms with Crippen molar-refractivity contribution in [3.05, 3.63) is 240 Å². The molecular weight excluding hydrogens is 1110 g/mol. The molecule has 6 atom stereocenters. The van der Waals surface area contributed by atoms with Crippen LogP contribution in [0.3, 0.4) is 0 Å². The Labute approximate surface area is 544 Å². The van der Waals surface area contributed by atoms with E-state index in [1.807, 2.05) is 36.4 Å². The second-order valence-electron chi connectivity index (χ2n) is 27.4. The van der Waals surface area contributed by atoms with Crippen molar-refractivity contribution in [2.45, 2.75) is 169 Å². The van der Waals surface area contributed by atoms with Crippen molar-refractivity contribution in [1.29, 1.82) is 10.5 Å². The summed E-state index contributed by atoms with van der Waals surface area (Å²) in [6.07, 6.45) is 20.2. The maximum atomic E-state index is 11.7.